The van der Waals surface area contributed by atoms with Gasteiger partial charge in [0, 0.05) is 22.1 Å². The highest BCUT2D eigenvalue weighted by Crippen LogP contribution is 2.38. The predicted molar refractivity (Wildman–Crippen MR) is 97.2 cm³/mol. The van der Waals surface area contributed by atoms with Gasteiger partial charge in [-0.25, -0.2) is 4.79 Å². The molecule has 2 amide bonds. The maximum atomic E-state index is 12.8. The predicted octanol–water partition coefficient (Wildman–Crippen LogP) is 3.25. The fraction of sp³-hybridized carbons (Fsp3) is 0.211. The minimum atomic E-state index is -0.855. The van der Waals surface area contributed by atoms with Gasteiger partial charge in [-0.15, -0.1) is 0 Å². The zero-order chi connectivity index (χ0) is 18.3. The Labute approximate surface area is 158 Å². The van der Waals surface area contributed by atoms with E-state index in [1.54, 1.807) is 36.4 Å². The van der Waals surface area contributed by atoms with Crippen LogP contribution in [0.3, 0.4) is 0 Å². The van der Waals surface area contributed by atoms with E-state index in [2.05, 4.69) is 21.2 Å². The van der Waals surface area contributed by atoms with Gasteiger partial charge in [0.25, 0.3) is 0 Å². The van der Waals surface area contributed by atoms with Gasteiger partial charge >= 0.3 is 5.97 Å². The van der Waals surface area contributed by atoms with Gasteiger partial charge in [0.05, 0.1) is 5.56 Å². The number of fused-ring (bicyclic) bond motifs is 1. The molecule has 2 aromatic rings. The number of halogens is 1. The number of nitrogens with zero attached hydrogens (tertiary/aromatic N) is 1. The number of cyclic esters (lactones) is 1. The Balaban J connectivity index is 1.60. The molecule has 0 saturated carbocycles. The van der Waals surface area contributed by atoms with Crippen LogP contribution in [0.1, 0.15) is 35.0 Å². The van der Waals surface area contributed by atoms with E-state index < -0.39 is 18.2 Å². The fourth-order valence-corrected chi connectivity index (χ4v) is 3.78. The molecule has 1 unspecified atom stereocenters. The molecule has 1 fully saturated rings. The molecule has 1 saturated heterocycles. The van der Waals surface area contributed by atoms with Crippen LogP contribution in [-0.2, 0) is 14.3 Å². The van der Waals surface area contributed by atoms with Gasteiger partial charge in [0.1, 0.15) is 6.04 Å². The van der Waals surface area contributed by atoms with Crippen LogP contribution in [0.15, 0.2) is 53.0 Å². The Bertz CT molecular complexity index is 914. The van der Waals surface area contributed by atoms with Gasteiger partial charge in [-0.05, 0) is 30.7 Å². The second kappa shape index (κ2) is 6.57. The first-order chi connectivity index (χ1) is 12.5. The van der Waals surface area contributed by atoms with Crippen molar-refractivity contribution in [3.05, 3.63) is 64.1 Å². The van der Waals surface area contributed by atoms with E-state index in [1.807, 2.05) is 12.1 Å². The average molecular weight is 415 g/mol. The first kappa shape index (κ1) is 16.8. The van der Waals surface area contributed by atoms with E-state index in [0.29, 0.717) is 23.2 Å². The van der Waals surface area contributed by atoms with Crippen LogP contribution in [0.4, 0.5) is 5.69 Å². The minimum absolute atomic E-state index is 0.200. The summed E-state index contributed by atoms with van der Waals surface area (Å²) in [4.78, 5) is 38.7. The number of benzene rings is 2. The van der Waals surface area contributed by atoms with Crippen LogP contribution >= 0.6 is 15.9 Å². The number of carbonyl (C=O) groups excluding carboxylic acids is 3. The van der Waals surface area contributed by atoms with Gasteiger partial charge in [0.15, 0.2) is 0 Å². The molecule has 26 heavy (non-hydrogen) atoms. The Morgan fingerprint density at radius 1 is 1.15 bits per heavy atom. The third kappa shape index (κ3) is 2.88. The van der Waals surface area contributed by atoms with Crippen LogP contribution in [-0.4, -0.2) is 28.7 Å². The maximum absolute atomic E-state index is 12.8. The third-order valence-corrected chi connectivity index (χ3v) is 5.06. The number of likely N-dealkylation sites (tertiary alicyclic amines) is 1. The second-order valence-electron chi connectivity index (χ2n) is 6.20. The van der Waals surface area contributed by atoms with E-state index in [9.17, 15) is 14.4 Å². The van der Waals surface area contributed by atoms with E-state index in [4.69, 9.17) is 4.74 Å². The second-order valence-corrected chi connectivity index (χ2v) is 7.12. The van der Waals surface area contributed by atoms with Crippen molar-refractivity contribution in [3.63, 3.8) is 0 Å². The molecule has 0 bridgehead atoms. The monoisotopic (exact) mass is 414 g/mol. The van der Waals surface area contributed by atoms with Gasteiger partial charge < -0.3 is 10.1 Å². The number of rotatable bonds is 3. The third-order valence-electron chi connectivity index (χ3n) is 4.57. The number of carbonyl (C=O) groups is 3. The van der Waals surface area contributed by atoms with E-state index in [1.165, 1.54) is 4.90 Å². The maximum Gasteiger partial charge on any atom is 0.340 e. The Kier molecular flexibility index (Phi) is 4.24. The number of amides is 2. The van der Waals surface area contributed by atoms with E-state index in [-0.39, 0.29) is 18.2 Å². The zero-order valence-electron chi connectivity index (χ0n) is 13.6. The summed E-state index contributed by atoms with van der Waals surface area (Å²) < 4.78 is 6.26. The molecule has 2 aliphatic heterocycles. The van der Waals surface area contributed by atoms with Crippen molar-refractivity contribution in [2.24, 2.45) is 0 Å². The fourth-order valence-electron chi connectivity index (χ4n) is 3.38. The van der Waals surface area contributed by atoms with Gasteiger partial charge in [-0.1, -0.05) is 40.2 Å². The zero-order valence-corrected chi connectivity index (χ0v) is 15.2. The van der Waals surface area contributed by atoms with Gasteiger partial charge in [-0.2, -0.15) is 0 Å². The molecular weight excluding hydrogens is 400 g/mol. The van der Waals surface area contributed by atoms with Crippen molar-refractivity contribution in [1.82, 2.24) is 4.90 Å². The number of anilines is 1. The molecule has 132 valence electrons. The summed E-state index contributed by atoms with van der Waals surface area (Å²) in [6.45, 7) is 0. The van der Waals surface area contributed by atoms with Crippen molar-refractivity contribution in [2.45, 2.75) is 25.1 Å². The van der Waals surface area contributed by atoms with Crippen molar-refractivity contribution in [2.75, 3.05) is 5.32 Å². The first-order valence-corrected chi connectivity index (χ1v) is 9.01. The Morgan fingerprint density at radius 2 is 1.96 bits per heavy atom. The van der Waals surface area contributed by atoms with Gasteiger partial charge in [0.2, 0.25) is 18.0 Å². The highest BCUT2D eigenvalue weighted by atomic mass is 79.9. The SMILES string of the molecule is O=C1OC(N2C(=O)CC[C@H]2C(=O)Nc2cccc(Br)c2)c2ccccc21. The summed E-state index contributed by atoms with van der Waals surface area (Å²) in [6.07, 6.45) is -0.228. The number of hydrogen-bond acceptors (Lipinski definition) is 4. The molecule has 7 heteroatoms. The van der Waals surface area contributed by atoms with Crippen LogP contribution in [0.2, 0.25) is 0 Å². The highest BCUT2D eigenvalue weighted by molar-refractivity contribution is 9.10. The molecule has 0 aromatic heterocycles. The Hall–Kier alpha value is -2.67. The molecular formula is C19H15BrN2O4. The summed E-state index contributed by atoms with van der Waals surface area (Å²) >= 11 is 3.36. The molecule has 2 aliphatic rings. The Morgan fingerprint density at radius 3 is 2.77 bits per heavy atom. The molecule has 1 N–H and O–H groups in total. The lowest BCUT2D eigenvalue weighted by Crippen LogP contribution is -2.43. The topological polar surface area (TPSA) is 75.7 Å². The van der Waals surface area contributed by atoms with Crippen molar-refractivity contribution in [3.8, 4) is 0 Å². The number of hydrogen-bond donors (Lipinski definition) is 1. The summed E-state index contributed by atoms with van der Waals surface area (Å²) in [5.74, 6) is -0.972. The molecule has 2 heterocycles. The van der Waals surface area contributed by atoms with Crippen molar-refractivity contribution < 1.29 is 19.1 Å². The number of ether oxygens (including phenoxy) is 1. The van der Waals surface area contributed by atoms with Gasteiger partial charge in [-0.3, -0.25) is 14.5 Å². The summed E-state index contributed by atoms with van der Waals surface area (Å²) in [5, 5.41) is 2.83. The normalized spacial score (nSPS) is 21.5. The van der Waals surface area contributed by atoms with Crippen LogP contribution < -0.4 is 5.32 Å². The van der Waals surface area contributed by atoms with Crippen LogP contribution in [0.25, 0.3) is 0 Å². The first-order valence-electron chi connectivity index (χ1n) is 8.22. The molecule has 0 aliphatic carbocycles. The standard InChI is InChI=1S/C19H15BrN2O4/c20-11-4-3-5-12(10-11)21-17(24)15-8-9-16(23)22(15)18-13-6-1-2-7-14(13)19(25)26-18/h1-7,10,15,18H,8-9H2,(H,21,24)/t15-,18?/m0/s1. The number of nitrogens with one attached hydrogen (secondary N) is 1. The molecule has 2 aromatic carbocycles. The van der Waals surface area contributed by atoms with E-state index in [0.717, 1.165) is 4.47 Å². The summed E-state index contributed by atoms with van der Waals surface area (Å²) in [6, 6.07) is 13.5. The van der Waals surface area contributed by atoms with E-state index >= 15 is 0 Å². The van der Waals surface area contributed by atoms with Crippen molar-refractivity contribution in [1.29, 1.82) is 0 Å². The molecule has 0 radical (unpaired) electrons. The smallest absolute Gasteiger partial charge is 0.340 e. The molecule has 4 rings (SSSR count). The average Bonchev–Trinajstić information content (AvgIpc) is 3.15. The van der Waals surface area contributed by atoms with Crippen LogP contribution in [0, 0.1) is 0 Å². The molecule has 2 atom stereocenters. The molecule has 0 spiro atoms. The lowest BCUT2D eigenvalue weighted by molar-refractivity contribution is -0.144. The number of esters is 1. The lowest BCUT2D eigenvalue weighted by Gasteiger charge is -2.29. The minimum Gasteiger partial charge on any atom is -0.433 e. The lowest BCUT2D eigenvalue weighted by atomic mass is 10.1. The molecule has 6 nitrogen and oxygen atoms in total. The summed E-state index contributed by atoms with van der Waals surface area (Å²) in [7, 11) is 0. The van der Waals surface area contributed by atoms with Crippen molar-refractivity contribution >= 4 is 39.4 Å². The highest BCUT2D eigenvalue weighted by Gasteiger charge is 2.46. The largest absolute Gasteiger partial charge is 0.433 e. The quantitative estimate of drug-likeness (QED) is 0.782. The van der Waals surface area contributed by atoms with Crippen LogP contribution in [0.5, 0.6) is 0 Å². The summed E-state index contributed by atoms with van der Waals surface area (Å²) in [5.41, 5.74) is 1.68.